The summed E-state index contributed by atoms with van der Waals surface area (Å²) in [6, 6.07) is 53.0. The summed E-state index contributed by atoms with van der Waals surface area (Å²) in [6.45, 7) is 16.8. The van der Waals surface area contributed by atoms with Crippen molar-refractivity contribution in [2.75, 3.05) is 9.80 Å². The molecule has 4 nitrogen and oxygen atoms in total. The van der Waals surface area contributed by atoms with Gasteiger partial charge in [-0.2, -0.15) is 0 Å². The van der Waals surface area contributed by atoms with Gasteiger partial charge in [-0.1, -0.05) is 84.9 Å². The highest BCUT2D eigenvalue weighted by Gasteiger charge is 2.57. The van der Waals surface area contributed by atoms with Crippen LogP contribution < -0.4 is 9.80 Å². The van der Waals surface area contributed by atoms with Crippen molar-refractivity contribution >= 4 is 34.1 Å². The minimum atomic E-state index is -1.49. The fraction of sp³-hybridized carbons (Fsp3) is 0.0256. The number of para-hydroxylation sites is 4. The lowest BCUT2D eigenvalue weighted by Gasteiger charge is -2.26. The molecule has 0 aliphatic heterocycles. The van der Waals surface area contributed by atoms with Crippen molar-refractivity contribution in [3.05, 3.63) is 192 Å². The van der Waals surface area contributed by atoms with E-state index in [1.165, 1.54) is 0 Å². The summed E-state index contributed by atoms with van der Waals surface area (Å²) < 4.78 is 0. The van der Waals surface area contributed by atoms with Gasteiger partial charge in [0.05, 0.1) is 0 Å². The summed E-state index contributed by atoms with van der Waals surface area (Å²) in [5.41, 5.74) is 7.59. The van der Waals surface area contributed by atoms with Crippen molar-refractivity contribution in [3.63, 3.8) is 0 Å². The Morgan fingerprint density at radius 1 is 0.372 bits per heavy atom. The molecule has 0 saturated heterocycles. The van der Waals surface area contributed by atoms with Crippen LogP contribution in [0.1, 0.15) is 11.1 Å². The van der Waals surface area contributed by atoms with E-state index in [1.54, 1.807) is 0 Å². The molecule has 0 N–H and O–H groups in total. The first-order valence-corrected chi connectivity index (χ1v) is 14.1. The molecular weight excluding hydrogens is 524 g/mol. The van der Waals surface area contributed by atoms with Crippen LogP contribution in [0.25, 0.3) is 20.8 Å². The van der Waals surface area contributed by atoms with E-state index in [-0.39, 0.29) is 0 Å². The zero-order valence-electron chi connectivity index (χ0n) is 23.3. The molecule has 0 amide bonds. The Kier molecular flexibility index (Phi) is 6.44. The number of anilines is 6. The van der Waals surface area contributed by atoms with Gasteiger partial charge < -0.3 is 9.80 Å². The molecule has 6 aromatic carbocycles. The van der Waals surface area contributed by atoms with Crippen LogP contribution in [0.4, 0.5) is 34.1 Å². The van der Waals surface area contributed by atoms with Crippen LogP contribution in [-0.4, -0.2) is 0 Å². The Morgan fingerprint density at radius 2 is 0.674 bits per heavy atom. The summed E-state index contributed by atoms with van der Waals surface area (Å²) in [5.74, 6) is 0. The van der Waals surface area contributed by atoms with E-state index in [1.807, 2.05) is 84.9 Å². The Labute approximate surface area is 252 Å². The summed E-state index contributed by atoms with van der Waals surface area (Å²) in [6.07, 6.45) is 0. The van der Waals surface area contributed by atoms with E-state index in [4.69, 9.17) is 13.1 Å². The van der Waals surface area contributed by atoms with Gasteiger partial charge in [0.1, 0.15) is 11.1 Å². The molecule has 7 rings (SSSR count). The number of nitrogens with zero attached hydrogens (tertiary/aromatic N) is 4. The maximum Gasteiger partial charge on any atom is 0.539 e. The molecule has 0 spiro atoms. The molecule has 0 fully saturated rings. The molecule has 0 heterocycles. The van der Waals surface area contributed by atoms with E-state index >= 15 is 0 Å². The third-order valence-electron chi connectivity index (χ3n) is 7.95. The number of hydrogen-bond donors (Lipinski definition) is 0. The van der Waals surface area contributed by atoms with Gasteiger partial charge in [0.15, 0.2) is 0 Å². The van der Waals surface area contributed by atoms with Crippen LogP contribution >= 0.6 is 0 Å². The quantitative estimate of drug-likeness (QED) is 0.192. The highest BCUT2D eigenvalue weighted by atomic mass is 15.2. The molecule has 202 valence electrons. The molecular formula is C39H26N4. The topological polar surface area (TPSA) is 15.2 Å². The minimum absolute atomic E-state index is 0.713. The van der Waals surface area contributed by atoms with Crippen molar-refractivity contribution in [3.8, 4) is 11.1 Å². The predicted octanol–water partition coefficient (Wildman–Crippen LogP) is 10.6. The van der Waals surface area contributed by atoms with Crippen LogP contribution in [0.15, 0.2) is 158 Å². The van der Waals surface area contributed by atoms with Crippen molar-refractivity contribution in [2.24, 2.45) is 0 Å². The van der Waals surface area contributed by atoms with Crippen LogP contribution in [0.5, 0.6) is 0 Å². The average Bonchev–Trinajstić information content (AvgIpc) is 3.36. The number of hydrogen-bond acceptors (Lipinski definition) is 2. The molecule has 1 aliphatic carbocycles. The highest BCUT2D eigenvalue weighted by molar-refractivity contribution is 5.89. The third-order valence-corrected chi connectivity index (χ3v) is 7.95. The SMILES string of the molecule is [C-]#[N+]C1([N+]#[C-])c2cc(N(c3ccccc3)c3ccccc3)ccc2-c2ccc(N(c3ccccc3)c3ccccc3)cc21. The van der Waals surface area contributed by atoms with Gasteiger partial charge in [0.2, 0.25) is 0 Å². The lowest BCUT2D eigenvalue weighted by Crippen LogP contribution is -2.17. The summed E-state index contributed by atoms with van der Waals surface area (Å²) in [5, 5.41) is 0. The van der Waals surface area contributed by atoms with Gasteiger partial charge in [-0.15, -0.1) is 0 Å². The van der Waals surface area contributed by atoms with E-state index in [0.29, 0.717) is 11.1 Å². The standard InChI is InChI=1S/C39H26N4/c1-40-39(41-2)37-27-33(42(29-15-7-3-8-16-29)30-17-9-4-10-18-30)23-25-35(37)36-26-24-34(28-38(36)39)43(31-19-11-5-12-20-31)32-21-13-6-14-22-32/h3-28H. The molecule has 6 aromatic rings. The maximum absolute atomic E-state index is 8.41. The zero-order chi connectivity index (χ0) is 29.2. The van der Waals surface area contributed by atoms with E-state index < -0.39 is 5.66 Å². The van der Waals surface area contributed by atoms with Crippen molar-refractivity contribution < 1.29 is 0 Å². The van der Waals surface area contributed by atoms with Gasteiger partial charge in [0, 0.05) is 45.3 Å². The predicted molar refractivity (Wildman–Crippen MR) is 175 cm³/mol. The Balaban J connectivity index is 1.40. The van der Waals surface area contributed by atoms with E-state index in [2.05, 4.69) is 92.3 Å². The second-order valence-corrected chi connectivity index (χ2v) is 10.4. The summed E-state index contributed by atoms with van der Waals surface area (Å²) in [4.78, 5) is 12.5. The van der Waals surface area contributed by atoms with Crippen LogP contribution in [0, 0.1) is 13.1 Å². The van der Waals surface area contributed by atoms with Gasteiger partial charge in [-0.05, 0) is 72.8 Å². The molecule has 0 radical (unpaired) electrons. The molecule has 0 unspecified atom stereocenters. The van der Waals surface area contributed by atoms with Crippen LogP contribution in [0.3, 0.4) is 0 Å². The van der Waals surface area contributed by atoms with Gasteiger partial charge in [-0.25, -0.2) is 22.8 Å². The van der Waals surface area contributed by atoms with Crippen molar-refractivity contribution in [2.45, 2.75) is 5.66 Å². The van der Waals surface area contributed by atoms with Crippen molar-refractivity contribution in [1.82, 2.24) is 0 Å². The number of fused-ring (bicyclic) bond motifs is 3. The Hall–Kier alpha value is -6.10. The molecule has 1 aliphatic rings. The normalized spacial score (nSPS) is 12.3. The molecule has 4 heteroatoms. The summed E-state index contributed by atoms with van der Waals surface area (Å²) in [7, 11) is 0. The second kappa shape index (κ2) is 10.7. The van der Waals surface area contributed by atoms with E-state index in [0.717, 1.165) is 45.3 Å². The fourth-order valence-corrected chi connectivity index (χ4v) is 6.00. The highest BCUT2D eigenvalue weighted by Crippen LogP contribution is 2.54. The van der Waals surface area contributed by atoms with Crippen LogP contribution in [-0.2, 0) is 5.66 Å². The Morgan fingerprint density at radius 3 is 0.953 bits per heavy atom. The number of benzene rings is 6. The van der Waals surface area contributed by atoms with E-state index in [9.17, 15) is 0 Å². The zero-order valence-corrected chi connectivity index (χ0v) is 23.3. The first-order chi connectivity index (χ1) is 21.2. The molecule has 0 bridgehead atoms. The second-order valence-electron chi connectivity index (χ2n) is 10.4. The van der Waals surface area contributed by atoms with Crippen LogP contribution in [0.2, 0.25) is 0 Å². The first kappa shape index (κ1) is 25.8. The fourth-order valence-electron chi connectivity index (χ4n) is 6.00. The largest absolute Gasteiger partial charge is 0.539 e. The number of rotatable bonds is 6. The van der Waals surface area contributed by atoms with Gasteiger partial charge in [-0.3, -0.25) is 0 Å². The molecule has 0 saturated carbocycles. The smallest absolute Gasteiger partial charge is 0.310 e. The molecule has 0 aromatic heterocycles. The Bertz CT molecular complexity index is 1760. The monoisotopic (exact) mass is 550 g/mol. The average molecular weight is 551 g/mol. The lowest BCUT2D eigenvalue weighted by molar-refractivity contribution is 0.830. The van der Waals surface area contributed by atoms with Gasteiger partial charge in [0.25, 0.3) is 0 Å². The lowest BCUT2D eigenvalue weighted by atomic mass is 9.97. The summed E-state index contributed by atoms with van der Waals surface area (Å²) >= 11 is 0. The van der Waals surface area contributed by atoms with Crippen molar-refractivity contribution in [1.29, 1.82) is 0 Å². The maximum atomic E-state index is 8.41. The molecule has 0 atom stereocenters. The first-order valence-electron chi connectivity index (χ1n) is 14.1. The third kappa shape index (κ3) is 4.30. The van der Waals surface area contributed by atoms with Gasteiger partial charge >= 0.3 is 5.66 Å². The minimum Gasteiger partial charge on any atom is -0.310 e. The molecule has 43 heavy (non-hydrogen) atoms.